The van der Waals surface area contributed by atoms with Gasteiger partial charge in [0.2, 0.25) is 10.0 Å². The average Bonchev–Trinajstić information content (AvgIpc) is 2.76. The molecular weight excluding hydrogens is 366 g/mol. The Kier molecular flexibility index (Phi) is 4.99. The third-order valence-electron chi connectivity index (χ3n) is 3.07. The van der Waals surface area contributed by atoms with Crippen molar-refractivity contribution in [2.75, 3.05) is 4.72 Å². The molecule has 0 aliphatic rings. The van der Waals surface area contributed by atoms with Gasteiger partial charge in [-0.05, 0) is 52.8 Å². The largest absolute Gasteiger partial charge is 0.360 e. The molecule has 0 fully saturated rings. The van der Waals surface area contributed by atoms with Crippen LogP contribution in [0.5, 0.6) is 0 Å². The van der Waals surface area contributed by atoms with Crippen LogP contribution < -0.4 is 9.44 Å². The van der Waals surface area contributed by atoms with Gasteiger partial charge < -0.3 is 4.52 Å². The van der Waals surface area contributed by atoms with Gasteiger partial charge in [-0.15, -0.1) is 0 Å². The molecular formula is C15H21N3O5S2. The second kappa shape index (κ2) is 6.43. The van der Waals surface area contributed by atoms with Gasteiger partial charge in [0.15, 0.2) is 10.7 Å². The summed E-state index contributed by atoms with van der Waals surface area (Å²) in [4.78, 5) is -0.102. The van der Waals surface area contributed by atoms with E-state index in [1.54, 1.807) is 20.8 Å². The second-order valence-corrected chi connectivity index (χ2v) is 9.94. The van der Waals surface area contributed by atoms with E-state index in [2.05, 4.69) is 14.6 Å². The van der Waals surface area contributed by atoms with E-state index in [1.807, 2.05) is 0 Å². The summed E-state index contributed by atoms with van der Waals surface area (Å²) in [6.45, 7) is 8.15. The lowest BCUT2D eigenvalue weighted by Gasteiger charge is -2.20. The number of nitrogens with one attached hydrogen (secondary N) is 2. The number of sulfonamides is 2. The highest BCUT2D eigenvalue weighted by atomic mass is 32.2. The molecule has 0 aliphatic carbocycles. The molecule has 25 heavy (non-hydrogen) atoms. The lowest BCUT2D eigenvalue weighted by atomic mass is 10.1. The quantitative estimate of drug-likeness (QED) is 0.812. The monoisotopic (exact) mass is 387 g/mol. The maximum atomic E-state index is 12.5. The first-order valence-corrected chi connectivity index (χ1v) is 10.4. The summed E-state index contributed by atoms with van der Waals surface area (Å²) in [5.74, 6) is 0.156. The van der Waals surface area contributed by atoms with Crippen molar-refractivity contribution in [3.63, 3.8) is 0 Å². The van der Waals surface area contributed by atoms with E-state index >= 15 is 0 Å². The van der Waals surface area contributed by atoms with E-state index < -0.39 is 25.6 Å². The number of benzene rings is 1. The van der Waals surface area contributed by atoms with E-state index in [0.717, 1.165) is 0 Å². The van der Waals surface area contributed by atoms with Crippen molar-refractivity contribution in [1.29, 1.82) is 0 Å². The first kappa shape index (κ1) is 19.4. The fourth-order valence-electron chi connectivity index (χ4n) is 2.25. The highest BCUT2D eigenvalue weighted by Crippen LogP contribution is 2.24. The summed E-state index contributed by atoms with van der Waals surface area (Å²) in [7, 11) is -7.73. The number of aryl methyl sites for hydroxylation is 2. The molecule has 0 spiro atoms. The molecule has 2 N–H and O–H groups in total. The van der Waals surface area contributed by atoms with E-state index in [-0.39, 0.29) is 26.9 Å². The van der Waals surface area contributed by atoms with Crippen LogP contribution in [0.25, 0.3) is 0 Å². The summed E-state index contributed by atoms with van der Waals surface area (Å²) in [5, 5.41) is 3.62. The molecule has 0 atom stereocenters. The molecule has 8 nitrogen and oxygen atoms in total. The first-order chi connectivity index (χ1) is 11.3. The van der Waals surface area contributed by atoms with Crippen molar-refractivity contribution in [2.24, 2.45) is 0 Å². The summed E-state index contributed by atoms with van der Waals surface area (Å²) >= 11 is 0. The summed E-state index contributed by atoms with van der Waals surface area (Å²) in [6, 6.07) is 5.57. The van der Waals surface area contributed by atoms with Gasteiger partial charge in [0, 0.05) is 5.54 Å². The molecule has 0 bridgehead atoms. The molecule has 0 saturated heterocycles. The molecule has 2 aromatic rings. The van der Waals surface area contributed by atoms with Crippen LogP contribution >= 0.6 is 0 Å². The van der Waals surface area contributed by atoms with Gasteiger partial charge in [-0.25, -0.2) is 21.6 Å². The Bertz CT molecular complexity index is 967. The average molecular weight is 387 g/mol. The number of aromatic nitrogens is 1. The first-order valence-electron chi connectivity index (χ1n) is 7.41. The molecule has 0 unspecified atom stereocenters. The molecule has 1 aromatic carbocycles. The zero-order chi connectivity index (χ0) is 19.0. The standard InChI is InChI=1S/C15H21N3O5S2/c1-10-14(11(2)23-16-10)25(21,22)17-12-7-6-8-13(9-12)24(19,20)18-15(3,4)5/h6-9,17-18H,1-5H3. The fourth-order valence-corrected chi connectivity index (χ4v) is 5.10. The summed E-state index contributed by atoms with van der Waals surface area (Å²) < 4.78 is 59.6. The zero-order valence-electron chi connectivity index (χ0n) is 14.6. The van der Waals surface area contributed by atoms with Crippen molar-refractivity contribution < 1.29 is 21.4 Å². The van der Waals surface area contributed by atoms with Gasteiger partial charge in [0.1, 0.15) is 5.69 Å². The van der Waals surface area contributed by atoms with Gasteiger partial charge in [-0.3, -0.25) is 4.72 Å². The fraction of sp³-hybridized carbons (Fsp3) is 0.400. The smallest absolute Gasteiger partial charge is 0.267 e. The van der Waals surface area contributed by atoms with Crippen LogP contribution in [-0.4, -0.2) is 27.5 Å². The maximum absolute atomic E-state index is 12.5. The molecule has 0 aliphatic heterocycles. The van der Waals surface area contributed by atoms with Crippen molar-refractivity contribution in [2.45, 2.75) is 49.9 Å². The van der Waals surface area contributed by atoms with Crippen LogP contribution in [0.2, 0.25) is 0 Å². The lowest BCUT2D eigenvalue weighted by Crippen LogP contribution is -2.40. The Morgan fingerprint density at radius 3 is 2.20 bits per heavy atom. The zero-order valence-corrected chi connectivity index (χ0v) is 16.2. The molecule has 0 amide bonds. The van der Waals surface area contributed by atoms with Crippen molar-refractivity contribution in [3.05, 3.63) is 35.7 Å². The van der Waals surface area contributed by atoms with Crippen LogP contribution in [0.1, 0.15) is 32.2 Å². The van der Waals surface area contributed by atoms with E-state index in [9.17, 15) is 16.8 Å². The normalized spacial score (nSPS) is 13.0. The van der Waals surface area contributed by atoms with E-state index in [4.69, 9.17) is 4.52 Å². The minimum Gasteiger partial charge on any atom is -0.360 e. The van der Waals surface area contributed by atoms with Gasteiger partial charge in [-0.1, -0.05) is 11.2 Å². The Morgan fingerprint density at radius 2 is 1.68 bits per heavy atom. The Morgan fingerprint density at radius 1 is 1.04 bits per heavy atom. The molecule has 2 rings (SSSR count). The molecule has 10 heteroatoms. The molecule has 1 aromatic heterocycles. The van der Waals surface area contributed by atoms with Gasteiger partial charge >= 0.3 is 0 Å². The highest BCUT2D eigenvalue weighted by molar-refractivity contribution is 7.92. The third-order valence-corrected chi connectivity index (χ3v) is 6.45. The number of anilines is 1. The van der Waals surface area contributed by atoms with Crippen LogP contribution in [0, 0.1) is 13.8 Å². The van der Waals surface area contributed by atoms with E-state index in [1.165, 1.54) is 38.1 Å². The van der Waals surface area contributed by atoms with E-state index in [0.29, 0.717) is 0 Å². The van der Waals surface area contributed by atoms with Gasteiger partial charge in [0.25, 0.3) is 10.0 Å². The van der Waals surface area contributed by atoms with Crippen molar-refractivity contribution in [1.82, 2.24) is 9.88 Å². The maximum Gasteiger partial charge on any atom is 0.267 e. The number of rotatable bonds is 5. The number of nitrogens with zero attached hydrogens (tertiary/aromatic N) is 1. The highest BCUT2D eigenvalue weighted by Gasteiger charge is 2.26. The molecule has 0 radical (unpaired) electrons. The lowest BCUT2D eigenvalue weighted by molar-refractivity contribution is 0.390. The topological polar surface area (TPSA) is 118 Å². The predicted molar refractivity (Wildman–Crippen MR) is 93.3 cm³/mol. The van der Waals surface area contributed by atoms with Gasteiger partial charge in [0.05, 0.1) is 10.6 Å². The Hall–Kier alpha value is -1.91. The van der Waals surface area contributed by atoms with Crippen LogP contribution in [-0.2, 0) is 20.0 Å². The van der Waals surface area contributed by atoms with Crippen molar-refractivity contribution >= 4 is 25.7 Å². The minimum atomic E-state index is -3.95. The number of hydrogen-bond donors (Lipinski definition) is 2. The minimum absolute atomic E-state index is 0.0404. The van der Waals surface area contributed by atoms with Crippen LogP contribution in [0.4, 0.5) is 5.69 Å². The molecule has 138 valence electrons. The molecule has 1 heterocycles. The summed E-state index contributed by atoms with van der Waals surface area (Å²) in [6.07, 6.45) is 0. The number of hydrogen-bond acceptors (Lipinski definition) is 6. The van der Waals surface area contributed by atoms with Gasteiger partial charge in [-0.2, -0.15) is 0 Å². The van der Waals surface area contributed by atoms with Crippen molar-refractivity contribution in [3.8, 4) is 0 Å². The SMILES string of the molecule is Cc1noc(C)c1S(=O)(=O)Nc1cccc(S(=O)(=O)NC(C)(C)C)c1. The van der Waals surface area contributed by atoms with Crippen LogP contribution in [0.3, 0.4) is 0 Å². The van der Waals surface area contributed by atoms with Crippen LogP contribution in [0.15, 0.2) is 38.6 Å². The second-order valence-electron chi connectivity index (χ2n) is 6.64. The Labute approximate surface area is 147 Å². The third kappa shape index (κ3) is 4.59. The molecule has 0 saturated carbocycles. The Balaban J connectivity index is 2.37. The predicted octanol–water partition coefficient (Wildman–Crippen LogP) is 2.17. The summed E-state index contributed by atoms with van der Waals surface area (Å²) in [5.41, 5.74) is -0.314.